The summed E-state index contributed by atoms with van der Waals surface area (Å²) in [5.41, 5.74) is 7.03. The van der Waals surface area contributed by atoms with Gasteiger partial charge in [0.25, 0.3) is 0 Å². The van der Waals surface area contributed by atoms with Gasteiger partial charge < -0.3 is 10.8 Å². The first-order valence-electron chi connectivity index (χ1n) is 7.13. The fourth-order valence-electron chi connectivity index (χ4n) is 2.12. The van der Waals surface area contributed by atoms with Gasteiger partial charge in [0.2, 0.25) is 10.0 Å². The summed E-state index contributed by atoms with van der Waals surface area (Å²) in [6, 6.07) is 9.12. The zero-order valence-electron chi connectivity index (χ0n) is 12.9. The predicted octanol–water partition coefficient (Wildman–Crippen LogP) is 0.835. The van der Waals surface area contributed by atoms with Gasteiger partial charge in [-0.05, 0) is 17.9 Å². The Bertz CT molecular complexity index is 517. The maximum atomic E-state index is 11.8. The third kappa shape index (κ3) is 6.56. The maximum absolute atomic E-state index is 11.8. The van der Waals surface area contributed by atoms with Crippen LogP contribution in [0.15, 0.2) is 30.3 Å². The van der Waals surface area contributed by atoms with E-state index in [2.05, 4.69) is 0 Å². The molecule has 1 aromatic carbocycles. The van der Waals surface area contributed by atoms with Crippen LogP contribution >= 0.6 is 0 Å². The minimum absolute atomic E-state index is 0.0328. The van der Waals surface area contributed by atoms with Crippen molar-refractivity contribution in [3.63, 3.8) is 0 Å². The highest BCUT2D eigenvalue weighted by atomic mass is 32.2. The number of nitrogens with zero attached hydrogens (tertiary/aromatic N) is 1. The van der Waals surface area contributed by atoms with E-state index in [9.17, 15) is 13.5 Å². The van der Waals surface area contributed by atoms with Gasteiger partial charge >= 0.3 is 0 Å². The number of sulfonamides is 1. The van der Waals surface area contributed by atoms with Gasteiger partial charge in [-0.15, -0.1) is 0 Å². The van der Waals surface area contributed by atoms with Crippen molar-refractivity contribution >= 4 is 10.0 Å². The topological polar surface area (TPSA) is 83.6 Å². The van der Waals surface area contributed by atoms with Crippen molar-refractivity contribution in [1.82, 2.24) is 4.31 Å². The normalized spacial score (nSPS) is 15.4. The molecule has 0 heterocycles. The molecule has 2 unspecified atom stereocenters. The van der Waals surface area contributed by atoms with Crippen LogP contribution in [0.2, 0.25) is 0 Å². The van der Waals surface area contributed by atoms with Gasteiger partial charge in [0.15, 0.2) is 0 Å². The number of hydrogen-bond acceptors (Lipinski definition) is 4. The molecule has 0 aromatic heterocycles. The van der Waals surface area contributed by atoms with Crippen LogP contribution in [-0.2, 0) is 16.4 Å². The Hall–Kier alpha value is -0.950. The minimum Gasteiger partial charge on any atom is -0.390 e. The van der Waals surface area contributed by atoms with E-state index in [1.807, 2.05) is 44.2 Å². The largest absolute Gasteiger partial charge is 0.390 e. The Labute approximate surface area is 127 Å². The highest BCUT2D eigenvalue weighted by Crippen LogP contribution is 2.09. The monoisotopic (exact) mass is 314 g/mol. The number of rotatable bonds is 8. The summed E-state index contributed by atoms with van der Waals surface area (Å²) in [6.07, 6.45) is 0.783. The highest BCUT2D eigenvalue weighted by Gasteiger charge is 2.24. The number of nitrogens with two attached hydrogens (primary N) is 1. The molecule has 0 aliphatic rings. The second-order valence-electron chi connectivity index (χ2n) is 5.89. The summed E-state index contributed by atoms with van der Waals surface area (Å²) >= 11 is 0. The SMILES string of the molecule is CC(C)CN(CC(O)C(N)Cc1ccccc1)S(C)(=O)=O. The summed E-state index contributed by atoms with van der Waals surface area (Å²) in [7, 11) is -3.34. The fraction of sp³-hybridized carbons (Fsp3) is 0.600. The number of benzene rings is 1. The van der Waals surface area contributed by atoms with Crippen LogP contribution in [0.1, 0.15) is 19.4 Å². The molecule has 0 aliphatic carbocycles. The molecule has 0 spiro atoms. The number of hydrogen-bond donors (Lipinski definition) is 2. The second kappa shape index (κ2) is 7.89. The van der Waals surface area contributed by atoms with E-state index >= 15 is 0 Å². The molecule has 0 fully saturated rings. The molecule has 2 atom stereocenters. The molecule has 1 aromatic rings. The lowest BCUT2D eigenvalue weighted by molar-refractivity contribution is 0.116. The molecule has 0 radical (unpaired) electrons. The van der Waals surface area contributed by atoms with Crippen molar-refractivity contribution in [2.24, 2.45) is 11.7 Å². The molecule has 0 bridgehead atoms. The van der Waals surface area contributed by atoms with Gasteiger partial charge in [0.05, 0.1) is 12.4 Å². The lowest BCUT2D eigenvalue weighted by Gasteiger charge is -2.27. The third-order valence-electron chi connectivity index (χ3n) is 3.24. The molecule has 0 saturated carbocycles. The molecule has 0 saturated heterocycles. The van der Waals surface area contributed by atoms with Crippen molar-refractivity contribution in [3.05, 3.63) is 35.9 Å². The first-order valence-corrected chi connectivity index (χ1v) is 8.97. The Morgan fingerprint density at radius 3 is 2.24 bits per heavy atom. The van der Waals surface area contributed by atoms with Gasteiger partial charge in [-0.25, -0.2) is 8.42 Å². The van der Waals surface area contributed by atoms with Crippen LogP contribution in [0.4, 0.5) is 0 Å². The molecule has 21 heavy (non-hydrogen) atoms. The van der Waals surface area contributed by atoms with Gasteiger partial charge in [-0.1, -0.05) is 44.2 Å². The zero-order valence-corrected chi connectivity index (χ0v) is 13.8. The van der Waals surface area contributed by atoms with Crippen molar-refractivity contribution in [2.75, 3.05) is 19.3 Å². The average Bonchev–Trinajstić information content (AvgIpc) is 2.37. The minimum atomic E-state index is -3.34. The van der Waals surface area contributed by atoms with Gasteiger partial charge in [-0.3, -0.25) is 0 Å². The molecular formula is C15H26N2O3S. The molecule has 120 valence electrons. The van der Waals surface area contributed by atoms with Gasteiger partial charge in [0, 0.05) is 19.1 Å². The summed E-state index contributed by atoms with van der Waals surface area (Å²) in [6.45, 7) is 4.29. The quantitative estimate of drug-likeness (QED) is 0.744. The Morgan fingerprint density at radius 1 is 1.19 bits per heavy atom. The number of aliphatic hydroxyl groups is 1. The lowest BCUT2D eigenvalue weighted by atomic mass is 10.0. The molecule has 3 N–H and O–H groups in total. The van der Waals surface area contributed by atoms with E-state index in [4.69, 9.17) is 5.73 Å². The predicted molar refractivity (Wildman–Crippen MR) is 85.4 cm³/mol. The van der Waals surface area contributed by atoms with Crippen LogP contribution < -0.4 is 5.73 Å². The molecule has 6 heteroatoms. The van der Waals surface area contributed by atoms with Crippen LogP contribution in [0, 0.1) is 5.92 Å². The first-order chi connectivity index (χ1) is 9.70. The van der Waals surface area contributed by atoms with Gasteiger partial charge in [0.1, 0.15) is 0 Å². The van der Waals surface area contributed by atoms with Crippen LogP contribution in [0.5, 0.6) is 0 Å². The van der Waals surface area contributed by atoms with Crippen molar-refractivity contribution in [2.45, 2.75) is 32.4 Å². The standard InChI is InChI=1S/C15H26N2O3S/c1-12(2)10-17(21(3,19)20)11-15(18)14(16)9-13-7-5-4-6-8-13/h4-8,12,14-15,18H,9-11,16H2,1-3H3. The van der Waals surface area contributed by atoms with E-state index in [1.54, 1.807) is 0 Å². The molecule has 5 nitrogen and oxygen atoms in total. The summed E-state index contributed by atoms with van der Waals surface area (Å²) < 4.78 is 24.8. The average molecular weight is 314 g/mol. The Kier molecular flexibility index (Phi) is 6.80. The van der Waals surface area contributed by atoms with E-state index in [0.717, 1.165) is 11.8 Å². The molecule has 1 rings (SSSR count). The molecule has 0 amide bonds. The first kappa shape index (κ1) is 18.1. The van der Waals surface area contributed by atoms with E-state index < -0.39 is 22.2 Å². The zero-order chi connectivity index (χ0) is 16.0. The Morgan fingerprint density at radius 2 is 1.76 bits per heavy atom. The second-order valence-corrected chi connectivity index (χ2v) is 7.88. The van der Waals surface area contributed by atoms with Crippen molar-refractivity contribution < 1.29 is 13.5 Å². The van der Waals surface area contributed by atoms with Crippen LogP contribution in [-0.4, -0.2) is 49.3 Å². The van der Waals surface area contributed by atoms with E-state index in [0.29, 0.717) is 13.0 Å². The summed E-state index contributed by atoms with van der Waals surface area (Å²) in [5.74, 6) is 0.192. The van der Waals surface area contributed by atoms with Crippen LogP contribution in [0.25, 0.3) is 0 Å². The van der Waals surface area contributed by atoms with Crippen molar-refractivity contribution in [3.8, 4) is 0 Å². The fourth-order valence-corrected chi connectivity index (χ4v) is 3.11. The maximum Gasteiger partial charge on any atom is 0.211 e. The number of aliphatic hydroxyl groups excluding tert-OH is 1. The van der Waals surface area contributed by atoms with E-state index in [-0.39, 0.29) is 12.5 Å². The van der Waals surface area contributed by atoms with Crippen LogP contribution in [0.3, 0.4) is 0 Å². The highest BCUT2D eigenvalue weighted by molar-refractivity contribution is 7.88. The van der Waals surface area contributed by atoms with Crippen molar-refractivity contribution in [1.29, 1.82) is 0 Å². The molecule has 0 aliphatic heterocycles. The molecular weight excluding hydrogens is 288 g/mol. The van der Waals surface area contributed by atoms with Gasteiger partial charge in [-0.2, -0.15) is 4.31 Å². The summed E-state index contributed by atoms with van der Waals surface area (Å²) in [4.78, 5) is 0. The lowest BCUT2D eigenvalue weighted by Crippen LogP contribution is -2.47. The summed E-state index contributed by atoms with van der Waals surface area (Å²) in [5, 5.41) is 10.2. The van der Waals surface area contributed by atoms with E-state index in [1.165, 1.54) is 4.31 Å². The third-order valence-corrected chi connectivity index (χ3v) is 4.47. The Balaban J connectivity index is 2.66. The smallest absolute Gasteiger partial charge is 0.211 e.